The van der Waals surface area contributed by atoms with Gasteiger partial charge in [-0.25, -0.2) is 4.79 Å². The number of amides is 4. The highest BCUT2D eigenvalue weighted by Crippen LogP contribution is 2.14. The van der Waals surface area contributed by atoms with Gasteiger partial charge in [-0.15, -0.1) is 0 Å². The number of anilines is 1. The van der Waals surface area contributed by atoms with Crippen molar-refractivity contribution in [2.45, 2.75) is 12.8 Å². The number of rotatable bonds is 5. The van der Waals surface area contributed by atoms with Crippen molar-refractivity contribution >= 4 is 23.5 Å². The number of urea groups is 1. The lowest BCUT2D eigenvalue weighted by Crippen LogP contribution is -2.32. The summed E-state index contributed by atoms with van der Waals surface area (Å²) >= 11 is 0. The Morgan fingerprint density at radius 1 is 1.38 bits per heavy atom. The molecule has 7 heteroatoms. The van der Waals surface area contributed by atoms with Crippen molar-refractivity contribution in [3.05, 3.63) is 29.8 Å². The Kier molecular flexibility index (Phi) is 4.51. The summed E-state index contributed by atoms with van der Waals surface area (Å²) in [6.45, 7) is 0.221. The molecule has 1 fully saturated rings. The number of hydrogen-bond donors (Lipinski definition) is 2. The normalized spacial score (nSPS) is 13.8. The number of carbonyl (C=O) groups excluding carboxylic acids is 3. The van der Waals surface area contributed by atoms with E-state index in [-0.39, 0.29) is 31.3 Å². The second kappa shape index (κ2) is 6.52. The minimum Gasteiger partial charge on any atom is -0.329 e. The molecular formula is C14H14N4O3. The van der Waals surface area contributed by atoms with E-state index in [1.54, 1.807) is 24.3 Å². The Morgan fingerprint density at radius 2 is 2.14 bits per heavy atom. The van der Waals surface area contributed by atoms with Crippen molar-refractivity contribution in [2.24, 2.45) is 0 Å². The monoisotopic (exact) mass is 286 g/mol. The summed E-state index contributed by atoms with van der Waals surface area (Å²) in [5, 5.41) is 14.0. The summed E-state index contributed by atoms with van der Waals surface area (Å²) in [6.07, 6.45) is 0.538. The van der Waals surface area contributed by atoms with Crippen molar-refractivity contribution in [3.63, 3.8) is 0 Å². The lowest BCUT2D eigenvalue weighted by Gasteiger charge is -2.12. The fourth-order valence-corrected chi connectivity index (χ4v) is 1.98. The summed E-state index contributed by atoms with van der Waals surface area (Å²) < 4.78 is 0. The molecule has 0 spiro atoms. The van der Waals surface area contributed by atoms with Gasteiger partial charge >= 0.3 is 6.03 Å². The van der Waals surface area contributed by atoms with Crippen LogP contribution in [-0.4, -0.2) is 35.8 Å². The minimum absolute atomic E-state index is 0.0145. The van der Waals surface area contributed by atoms with Gasteiger partial charge in [-0.3, -0.25) is 14.5 Å². The lowest BCUT2D eigenvalue weighted by molar-refractivity contribution is -0.125. The third kappa shape index (κ3) is 3.57. The van der Waals surface area contributed by atoms with Gasteiger partial charge in [0.05, 0.1) is 17.8 Å². The van der Waals surface area contributed by atoms with Crippen molar-refractivity contribution < 1.29 is 14.4 Å². The number of nitrogens with zero attached hydrogens (tertiary/aromatic N) is 2. The van der Waals surface area contributed by atoms with E-state index in [9.17, 15) is 14.4 Å². The Morgan fingerprint density at radius 3 is 2.81 bits per heavy atom. The molecule has 1 heterocycles. The number of carbonyl (C=O) groups is 3. The first-order valence-electron chi connectivity index (χ1n) is 6.49. The first kappa shape index (κ1) is 14.5. The van der Waals surface area contributed by atoms with E-state index >= 15 is 0 Å². The van der Waals surface area contributed by atoms with E-state index in [1.165, 1.54) is 0 Å². The summed E-state index contributed by atoms with van der Waals surface area (Å²) in [5.74, 6) is -0.542. The van der Waals surface area contributed by atoms with Gasteiger partial charge in [-0.2, -0.15) is 5.26 Å². The molecule has 0 saturated carbocycles. The van der Waals surface area contributed by atoms with Crippen LogP contribution >= 0.6 is 0 Å². The van der Waals surface area contributed by atoms with Crippen LogP contribution in [0.4, 0.5) is 10.5 Å². The number of imide groups is 1. The van der Waals surface area contributed by atoms with Crippen molar-refractivity contribution in [2.75, 3.05) is 18.4 Å². The molecule has 1 aromatic rings. The topological polar surface area (TPSA) is 102 Å². The summed E-state index contributed by atoms with van der Waals surface area (Å²) in [5.41, 5.74) is 0.847. The maximum absolute atomic E-state index is 11.8. The van der Waals surface area contributed by atoms with Crippen molar-refractivity contribution in [1.82, 2.24) is 10.2 Å². The number of hydrogen-bond acceptors (Lipinski definition) is 4. The smallest absolute Gasteiger partial charge is 0.324 e. The molecule has 2 N–H and O–H groups in total. The second-order valence-electron chi connectivity index (χ2n) is 4.51. The summed E-state index contributed by atoms with van der Waals surface area (Å²) in [7, 11) is 0. The number of nitriles is 1. The SMILES string of the molecule is N#Cc1ccccc1NC(=O)CCCN1C(=O)CNC1=O. The highest BCUT2D eigenvalue weighted by Gasteiger charge is 2.27. The van der Waals surface area contributed by atoms with Crippen molar-refractivity contribution in [1.29, 1.82) is 5.26 Å². The van der Waals surface area contributed by atoms with Gasteiger partial charge in [0.15, 0.2) is 0 Å². The Labute approximate surface area is 121 Å². The molecule has 1 aliphatic heterocycles. The molecule has 0 unspecified atom stereocenters. The summed E-state index contributed by atoms with van der Waals surface area (Å²) in [4.78, 5) is 35.5. The molecule has 2 rings (SSSR count). The van der Waals surface area contributed by atoms with Crippen molar-refractivity contribution in [3.8, 4) is 6.07 Å². The fourth-order valence-electron chi connectivity index (χ4n) is 1.98. The highest BCUT2D eigenvalue weighted by atomic mass is 16.2. The van der Waals surface area contributed by atoms with Gasteiger partial charge in [0.25, 0.3) is 0 Å². The maximum Gasteiger partial charge on any atom is 0.324 e. The molecule has 1 aromatic carbocycles. The predicted molar refractivity (Wildman–Crippen MR) is 74.1 cm³/mol. The third-order valence-electron chi connectivity index (χ3n) is 3.04. The van der Waals surface area contributed by atoms with Gasteiger partial charge in [-0.1, -0.05) is 12.1 Å². The van der Waals surface area contributed by atoms with Gasteiger partial charge < -0.3 is 10.6 Å². The largest absolute Gasteiger partial charge is 0.329 e. The molecule has 0 radical (unpaired) electrons. The van der Waals surface area contributed by atoms with Crippen LogP contribution in [0.15, 0.2) is 24.3 Å². The zero-order chi connectivity index (χ0) is 15.2. The first-order chi connectivity index (χ1) is 10.1. The van der Waals surface area contributed by atoms with Gasteiger partial charge in [0.1, 0.15) is 6.07 Å². The molecule has 108 valence electrons. The third-order valence-corrected chi connectivity index (χ3v) is 3.04. The molecule has 0 bridgehead atoms. The first-order valence-corrected chi connectivity index (χ1v) is 6.49. The van der Waals surface area contributed by atoms with E-state index in [4.69, 9.17) is 5.26 Å². The van der Waals surface area contributed by atoms with Crippen LogP contribution in [0.25, 0.3) is 0 Å². The molecule has 21 heavy (non-hydrogen) atoms. The molecule has 0 aromatic heterocycles. The van der Waals surface area contributed by atoms with Crippen LogP contribution in [0.3, 0.4) is 0 Å². The fraction of sp³-hybridized carbons (Fsp3) is 0.286. The van der Waals surface area contributed by atoms with E-state index in [0.717, 1.165) is 4.90 Å². The molecular weight excluding hydrogens is 272 g/mol. The Bertz CT molecular complexity index is 605. The van der Waals surface area contributed by atoms with Gasteiger partial charge in [-0.05, 0) is 18.6 Å². The number of para-hydroxylation sites is 1. The van der Waals surface area contributed by atoms with E-state index in [1.807, 2.05) is 6.07 Å². The standard InChI is InChI=1S/C14H14N4O3/c15-8-10-4-1-2-5-11(10)17-12(19)6-3-7-18-13(20)9-16-14(18)21/h1-2,4-5H,3,6-7,9H2,(H,16,21)(H,17,19). The average Bonchev–Trinajstić information content (AvgIpc) is 2.79. The molecule has 1 saturated heterocycles. The van der Waals surface area contributed by atoms with Gasteiger partial charge in [0.2, 0.25) is 11.8 Å². The lowest BCUT2D eigenvalue weighted by atomic mass is 10.2. The van der Waals surface area contributed by atoms with E-state index in [2.05, 4.69) is 10.6 Å². The highest BCUT2D eigenvalue weighted by molar-refractivity contribution is 6.02. The van der Waals surface area contributed by atoms with Crippen LogP contribution in [0.5, 0.6) is 0 Å². The second-order valence-corrected chi connectivity index (χ2v) is 4.51. The molecule has 0 aliphatic carbocycles. The molecule has 0 atom stereocenters. The van der Waals surface area contributed by atoms with Crippen LogP contribution in [0.1, 0.15) is 18.4 Å². The van der Waals surface area contributed by atoms with E-state index < -0.39 is 6.03 Å². The van der Waals surface area contributed by atoms with Crippen LogP contribution < -0.4 is 10.6 Å². The van der Waals surface area contributed by atoms with Crippen LogP contribution in [-0.2, 0) is 9.59 Å². The number of nitrogens with one attached hydrogen (secondary N) is 2. The molecule has 4 amide bonds. The van der Waals surface area contributed by atoms with Crippen LogP contribution in [0, 0.1) is 11.3 Å². The maximum atomic E-state index is 11.8. The Balaban J connectivity index is 1.82. The van der Waals surface area contributed by atoms with Crippen LogP contribution in [0.2, 0.25) is 0 Å². The predicted octanol–water partition coefficient (Wildman–Crippen LogP) is 0.829. The molecule has 1 aliphatic rings. The summed E-state index contributed by atoms with van der Waals surface area (Å²) in [6, 6.07) is 8.27. The number of benzene rings is 1. The molecule has 7 nitrogen and oxygen atoms in total. The van der Waals surface area contributed by atoms with Gasteiger partial charge in [0, 0.05) is 13.0 Å². The van der Waals surface area contributed by atoms with E-state index in [0.29, 0.717) is 17.7 Å². The zero-order valence-corrected chi connectivity index (χ0v) is 11.3. The Hall–Kier alpha value is -2.88. The minimum atomic E-state index is -0.421. The zero-order valence-electron chi connectivity index (χ0n) is 11.3. The quantitative estimate of drug-likeness (QED) is 0.782. The average molecular weight is 286 g/mol.